The molecule has 1 aliphatic carbocycles. The molecule has 0 radical (unpaired) electrons. The molecule has 1 aromatic heterocycles. The molecule has 0 amide bonds. The van der Waals surface area contributed by atoms with Gasteiger partial charge in [-0.05, 0) is 43.2 Å². The number of sulfonamides is 1. The summed E-state index contributed by atoms with van der Waals surface area (Å²) in [6.07, 6.45) is 3.13. The third-order valence-electron chi connectivity index (χ3n) is 3.34. The summed E-state index contributed by atoms with van der Waals surface area (Å²) in [7, 11) is -3.73. The van der Waals surface area contributed by atoms with Gasteiger partial charge in [0.15, 0.2) is 0 Å². The van der Waals surface area contributed by atoms with Gasteiger partial charge in [-0.15, -0.1) is 0 Å². The molecule has 1 fully saturated rings. The fourth-order valence-corrected chi connectivity index (χ4v) is 4.03. The lowest BCUT2D eigenvalue weighted by atomic mass is 10.3. The van der Waals surface area contributed by atoms with Crippen molar-refractivity contribution >= 4 is 21.6 Å². The van der Waals surface area contributed by atoms with Crippen LogP contribution in [0.3, 0.4) is 0 Å². The van der Waals surface area contributed by atoms with Gasteiger partial charge in [0.25, 0.3) is 0 Å². The molecule has 0 unspecified atom stereocenters. The maximum absolute atomic E-state index is 13.2. The summed E-state index contributed by atoms with van der Waals surface area (Å²) < 4.78 is 45.2. The number of furan rings is 1. The summed E-state index contributed by atoms with van der Waals surface area (Å²) in [4.78, 5) is -0.00708. The molecule has 21 heavy (non-hydrogen) atoms. The van der Waals surface area contributed by atoms with E-state index in [0.29, 0.717) is 5.76 Å². The summed E-state index contributed by atoms with van der Waals surface area (Å²) in [6.45, 7) is 0.162. The monoisotopic (exact) mass is 329 g/mol. The third-order valence-corrected chi connectivity index (χ3v) is 5.53. The van der Waals surface area contributed by atoms with E-state index in [2.05, 4.69) is 0 Å². The lowest BCUT2D eigenvalue weighted by Crippen LogP contribution is -2.32. The molecule has 0 bridgehead atoms. The maximum atomic E-state index is 13.2. The zero-order valence-corrected chi connectivity index (χ0v) is 12.6. The van der Waals surface area contributed by atoms with Gasteiger partial charge in [0.2, 0.25) is 10.0 Å². The Hall–Kier alpha value is -1.37. The summed E-state index contributed by atoms with van der Waals surface area (Å²) in [5.41, 5.74) is 0. The van der Waals surface area contributed by atoms with Gasteiger partial charge in [-0.2, -0.15) is 4.31 Å². The molecule has 1 aliphatic rings. The SMILES string of the molecule is O=S(=O)(c1ccc(F)c(Cl)c1)N(Cc1ccco1)C1CC1. The maximum Gasteiger partial charge on any atom is 0.243 e. The van der Waals surface area contributed by atoms with Crippen LogP contribution in [0.15, 0.2) is 45.9 Å². The van der Waals surface area contributed by atoms with Crippen LogP contribution in [0.2, 0.25) is 5.02 Å². The van der Waals surface area contributed by atoms with E-state index < -0.39 is 15.8 Å². The van der Waals surface area contributed by atoms with E-state index in [4.69, 9.17) is 16.0 Å². The molecule has 4 nitrogen and oxygen atoms in total. The van der Waals surface area contributed by atoms with Crippen LogP contribution in [0, 0.1) is 5.82 Å². The Morgan fingerprint density at radius 2 is 2.10 bits per heavy atom. The highest BCUT2D eigenvalue weighted by Gasteiger charge is 2.38. The summed E-state index contributed by atoms with van der Waals surface area (Å²) in [5.74, 6) is -0.0710. The summed E-state index contributed by atoms with van der Waals surface area (Å²) in [6, 6.07) is 6.83. The fourth-order valence-electron chi connectivity index (χ4n) is 2.10. The zero-order chi connectivity index (χ0) is 15.0. The largest absolute Gasteiger partial charge is 0.468 e. The van der Waals surface area contributed by atoms with Crippen molar-refractivity contribution in [2.75, 3.05) is 0 Å². The first-order chi connectivity index (χ1) is 9.98. The second-order valence-corrected chi connectivity index (χ2v) is 7.23. The van der Waals surface area contributed by atoms with E-state index in [1.54, 1.807) is 12.1 Å². The second kappa shape index (κ2) is 5.44. The molecular weight excluding hydrogens is 317 g/mol. The Kier molecular flexibility index (Phi) is 3.77. The minimum atomic E-state index is -3.73. The Balaban J connectivity index is 1.95. The van der Waals surface area contributed by atoms with Gasteiger partial charge in [0.05, 0.1) is 22.7 Å². The van der Waals surface area contributed by atoms with Gasteiger partial charge in [-0.1, -0.05) is 11.6 Å². The van der Waals surface area contributed by atoms with E-state index in [1.165, 1.54) is 16.6 Å². The first kappa shape index (κ1) is 14.6. The van der Waals surface area contributed by atoms with Gasteiger partial charge >= 0.3 is 0 Å². The van der Waals surface area contributed by atoms with Crippen LogP contribution >= 0.6 is 11.6 Å². The Morgan fingerprint density at radius 1 is 1.33 bits per heavy atom. The third kappa shape index (κ3) is 2.97. The van der Waals surface area contributed by atoms with Crippen molar-refractivity contribution in [3.8, 4) is 0 Å². The zero-order valence-electron chi connectivity index (χ0n) is 11.0. The van der Waals surface area contributed by atoms with Crippen molar-refractivity contribution in [2.45, 2.75) is 30.3 Å². The van der Waals surface area contributed by atoms with Crippen molar-refractivity contribution in [1.82, 2.24) is 4.31 Å². The van der Waals surface area contributed by atoms with Crippen molar-refractivity contribution in [2.24, 2.45) is 0 Å². The van der Waals surface area contributed by atoms with Gasteiger partial charge in [-0.25, -0.2) is 12.8 Å². The highest BCUT2D eigenvalue weighted by Crippen LogP contribution is 2.34. The molecule has 0 spiro atoms. The predicted molar refractivity (Wildman–Crippen MR) is 75.9 cm³/mol. The van der Waals surface area contributed by atoms with Crippen LogP contribution in [0.4, 0.5) is 4.39 Å². The van der Waals surface area contributed by atoms with Gasteiger partial charge in [-0.3, -0.25) is 0 Å². The number of hydrogen-bond acceptors (Lipinski definition) is 3. The van der Waals surface area contributed by atoms with E-state index >= 15 is 0 Å². The van der Waals surface area contributed by atoms with Crippen molar-refractivity contribution in [1.29, 1.82) is 0 Å². The first-order valence-electron chi connectivity index (χ1n) is 6.48. The molecule has 1 saturated carbocycles. The topological polar surface area (TPSA) is 50.5 Å². The molecule has 0 aliphatic heterocycles. The average Bonchev–Trinajstić information content (AvgIpc) is 3.15. The average molecular weight is 330 g/mol. The quantitative estimate of drug-likeness (QED) is 0.844. The fraction of sp³-hybridized carbons (Fsp3) is 0.286. The molecule has 3 rings (SSSR count). The minimum Gasteiger partial charge on any atom is -0.468 e. The number of hydrogen-bond donors (Lipinski definition) is 0. The molecule has 1 aromatic carbocycles. The smallest absolute Gasteiger partial charge is 0.243 e. The molecular formula is C14H13ClFNO3S. The lowest BCUT2D eigenvalue weighted by molar-refractivity contribution is 0.356. The summed E-state index contributed by atoms with van der Waals surface area (Å²) in [5, 5.41) is -0.204. The van der Waals surface area contributed by atoms with Crippen LogP contribution in [-0.2, 0) is 16.6 Å². The number of benzene rings is 1. The molecule has 2 aromatic rings. The Bertz CT molecular complexity index is 742. The van der Waals surface area contributed by atoms with Crippen molar-refractivity contribution < 1.29 is 17.2 Å². The van der Waals surface area contributed by atoms with Gasteiger partial charge < -0.3 is 4.42 Å². The van der Waals surface area contributed by atoms with E-state index in [1.807, 2.05) is 0 Å². The molecule has 0 N–H and O–H groups in total. The number of rotatable bonds is 5. The first-order valence-corrected chi connectivity index (χ1v) is 8.29. The minimum absolute atomic E-state index is 0.00708. The van der Waals surface area contributed by atoms with Crippen LogP contribution in [0.25, 0.3) is 0 Å². The number of nitrogens with zero attached hydrogens (tertiary/aromatic N) is 1. The molecule has 0 saturated heterocycles. The van der Waals surface area contributed by atoms with Crippen LogP contribution in [0.5, 0.6) is 0 Å². The van der Waals surface area contributed by atoms with Crippen LogP contribution in [0.1, 0.15) is 18.6 Å². The van der Waals surface area contributed by atoms with Crippen molar-refractivity contribution in [3.63, 3.8) is 0 Å². The van der Waals surface area contributed by atoms with Gasteiger partial charge in [0.1, 0.15) is 11.6 Å². The molecule has 112 valence electrons. The highest BCUT2D eigenvalue weighted by atomic mass is 35.5. The predicted octanol–water partition coefficient (Wildman–Crippen LogP) is 3.43. The second-order valence-electron chi connectivity index (χ2n) is 4.94. The molecule has 1 heterocycles. The van der Waals surface area contributed by atoms with E-state index in [0.717, 1.165) is 25.0 Å². The van der Waals surface area contributed by atoms with E-state index in [-0.39, 0.29) is 22.5 Å². The summed E-state index contributed by atoms with van der Waals surface area (Å²) >= 11 is 5.69. The Labute approximate surface area is 127 Å². The normalized spacial score (nSPS) is 15.6. The standard InChI is InChI=1S/C14H13ClFNO3S/c15-13-8-12(5-6-14(13)16)21(18,19)17(10-3-4-10)9-11-2-1-7-20-11/h1-2,5-8,10H,3-4,9H2. The van der Waals surface area contributed by atoms with Gasteiger partial charge in [0, 0.05) is 6.04 Å². The van der Waals surface area contributed by atoms with E-state index in [9.17, 15) is 12.8 Å². The Morgan fingerprint density at radius 3 is 2.67 bits per heavy atom. The molecule has 0 atom stereocenters. The van der Waals surface area contributed by atoms with Crippen LogP contribution < -0.4 is 0 Å². The lowest BCUT2D eigenvalue weighted by Gasteiger charge is -2.21. The number of halogens is 2. The molecule has 7 heteroatoms. The van der Waals surface area contributed by atoms with Crippen LogP contribution in [-0.4, -0.2) is 18.8 Å². The van der Waals surface area contributed by atoms with Crippen molar-refractivity contribution in [3.05, 3.63) is 53.2 Å². The highest BCUT2D eigenvalue weighted by molar-refractivity contribution is 7.89.